The normalized spacial score (nSPS) is 10.1. The van der Waals surface area contributed by atoms with Gasteiger partial charge < -0.3 is 11.1 Å². The van der Waals surface area contributed by atoms with E-state index in [1.165, 1.54) is 24.4 Å². The maximum absolute atomic E-state index is 12.0. The first-order chi connectivity index (χ1) is 9.47. The van der Waals surface area contributed by atoms with E-state index >= 15 is 0 Å². The highest BCUT2D eigenvalue weighted by Crippen LogP contribution is 2.24. The Labute approximate surface area is 118 Å². The van der Waals surface area contributed by atoms with Crippen molar-refractivity contribution < 1.29 is 9.72 Å². The van der Waals surface area contributed by atoms with Gasteiger partial charge in [-0.25, -0.2) is 4.98 Å². The molecule has 0 aliphatic heterocycles. The number of hydrogen-bond donors (Lipinski definition) is 2. The summed E-state index contributed by atoms with van der Waals surface area (Å²) in [6.07, 6.45) is 1.36. The van der Waals surface area contributed by atoms with Crippen molar-refractivity contribution >= 4 is 34.7 Å². The van der Waals surface area contributed by atoms with Crippen LogP contribution in [0.15, 0.2) is 36.5 Å². The monoisotopic (exact) mass is 292 g/mol. The number of aromatic nitrogens is 1. The molecular formula is C12H9ClN4O3. The number of anilines is 2. The second kappa shape index (κ2) is 5.54. The van der Waals surface area contributed by atoms with Crippen LogP contribution in [-0.4, -0.2) is 15.8 Å². The molecule has 0 saturated heterocycles. The van der Waals surface area contributed by atoms with Crippen LogP contribution in [-0.2, 0) is 0 Å². The molecule has 3 N–H and O–H groups in total. The molecule has 0 atom stereocenters. The molecule has 0 spiro atoms. The van der Waals surface area contributed by atoms with Crippen LogP contribution in [0, 0.1) is 10.1 Å². The van der Waals surface area contributed by atoms with E-state index in [4.69, 9.17) is 17.3 Å². The average molecular weight is 293 g/mol. The highest BCUT2D eigenvalue weighted by molar-refractivity contribution is 6.31. The number of halogens is 1. The van der Waals surface area contributed by atoms with Gasteiger partial charge in [0.25, 0.3) is 11.6 Å². The minimum Gasteiger partial charge on any atom is -0.384 e. The number of nitrogens with zero attached hydrogens (tertiary/aromatic N) is 2. The Bertz CT molecular complexity index is 673. The molecular weight excluding hydrogens is 284 g/mol. The third kappa shape index (κ3) is 3.01. The Balaban J connectivity index is 2.29. The SMILES string of the molecule is Nc1ccc(NC(=O)c2ccc(Cl)cc2[N+](=O)[O-])cn1. The van der Waals surface area contributed by atoms with Crippen molar-refractivity contribution in [2.24, 2.45) is 0 Å². The summed E-state index contributed by atoms with van der Waals surface area (Å²) in [5, 5.41) is 13.6. The third-order valence-electron chi connectivity index (χ3n) is 2.45. The van der Waals surface area contributed by atoms with Crippen molar-refractivity contribution in [1.82, 2.24) is 4.98 Å². The summed E-state index contributed by atoms with van der Waals surface area (Å²) in [5.41, 5.74) is 5.35. The number of nitrogens with two attached hydrogens (primary N) is 1. The molecule has 102 valence electrons. The molecule has 20 heavy (non-hydrogen) atoms. The number of nitro benzene ring substituents is 1. The number of nitrogen functional groups attached to an aromatic ring is 1. The molecule has 2 rings (SSSR count). The fourth-order valence-corrected chi connectivity index (χ4v) is 1.69. The van der Waals surface area contributed by atoms with Crippen LogP contribution in [0.3, 0.4) is 0 Å². The Hall–Kier alpha value is -2.67. The van der Waals surface area contributed by atoms with E-state index in [-0.39, 0.29) is 16.3 Å². The van der Waals surface area contributed by atoms with E-state index in [0.29, 0.717) is 11.5 Å². The molecule has 2 aromatic rings. The summed E-state index contributed by atoms with van der Waals surface area (Å²) in [5.74, 6) is -0.319. The Morgan fingerprint density at radius 2 is 2.10 bits per heavy atom. The van der Waals surface area contributed by atoms with Crippen LogP contribution >= 0.6 is 11.6 Å². The fourth-order valence-electron chi connectivity index (χ4n) is 1.53. The number of hydrogen-bond acceptors (Lipinski definition) is 5. The van der Waals surface area contributed by atoms with E-state index in [9.17, 15) is 14.9 Å². The zero-order chi connectivity index (χ0) is 14.7. The molecule has 0 aliphatic carbocycles. The largest absolute Gasteiger partial charge is 0.384 e. The van der Waals surface area contributed by atoms with Crippen molar-refractivity contribution in [2.75, 3.05) is 11.1 Å². The van der Waals surface area contributed by atoms with E-state index in [1.54, 1.807) is 6.07 Å². The van der Waals surface area contributed by atoms with Crippen molar-refractivity contribution in [3.63, 3.8) is 0 Å². The van der Waals surface area contributed by atoms with Gasteiger partial charge in [0.1, 0.15) is 11.4 Å². The lowest BCUT2D eigenvalue weighted by atomic mass is 10.1. The van der Waals surface area contributed by atoms with Gasteiger partial charge >= 0.3 is 0 Å². The first kappa shape index (κ1) is 13.8. The smallest absolute Gasteiger partial charge is 0.283 e. The second-order valence-corrected chi connectivity index (χ2v) is 4.28. The molecule has 0 unspecified atom stereocenters. The maximum Gasteiger partial charge on any atom is 0.283 e. The number of amides is 1. The van der Waals surface area contributed by atoms with Crippen molar-refractivity contribution in [3.05, 3.63) is 57.2 Å². The summed E-state index contributed by atoms with van der Waals surface area (Å²) in [4.78, 5) is 26.1. The Morgan fingerprint density at radius 3 is 2.70 bits per heavy atom. The summed E-state index contributed by atoms with van der Waals surface area (Å²) in [7, 11) is 0. The van der Waals surface area contributed by atoms with Crippen LogP contribution in [0.5, 0.6) is 0 Å². The maximum atomic E-state index is 12.0. The molecule has 1 amide bonds. The Morgan fingerprint density at radius 1 is 1.35 bits per heavy atom. The lowest BCUT2D eigenvalue weighted by Gasteiger charge is -2.06. The average Bonchev–Trinajstić information content (AvgIpc) is 2.41. The first-order valence-electron chi connectivity index (χ1n) is 5.44. The van der Waals surface area contributed by atoms with E-state index in [2.05, 4.69) is 10.3 Å². The van der Waals surface area contributed by atoms with Crippen molar-refractivity contribution in [2.45, 2.75) is 0 Å². The lowest BCUT2D eigenvalue weighted by Crippen LogP contribution is -2.14. The van der Waals surface area contributed by atoms with Gasteiger partial charge in [-0.2, -0.15) is 0 Å². The predicted octanol–water partition coefficient (Wildman–Crippen LogP) is 2.48. The summed E-state index contributed by atoms with van der Waals surface area (Å²) >= 11 is 5.68. The molecule has 8 heteroatoms. The number of carbonyl (C=O) groups excluding carboxylic acids is 1. The van der Waals surface area contributed by atoms with Gasteiger partial charge in [0.05, 0.1) is 16.8 Å². The van der Waals surface area contributed by atoms with Gasteiger partial charge in [0.2, 0.25) is 0 Å². The zero-order valence-electron chi connectivity index (χ0n) is 10.0. The lowest BCUT2D eigenvalue weighted by molar-refractivity contribution is -0.385. The van der Waals surface area contributed by atoms with Gasteiger partial charge in [-0.1, -0.05) is 11.6 Å². The van der Waals surface area contributed by atoms with E-state index in [0.717, 1.165) is 6.07 Å². The number of carbonyl (C=O) groups is 1. The van der Waals surface area contributed by atoms with Gasteiger partial charge in [0.15, 0.2) is 0 Å². The van der Waals surface area contributed by atoms with Crippen molar-refractivity contribution in [3.8, 4) is 0 Å². The van der Waals surface area contributed by atoms with Gasteiger partial charge in [-0.05, 0) is 24.3 Å². The van der Waals surface area contributed by atoms with Crippen LogP contribution in [0.25, 0.3) is 0 Å². The number of nitro groups is 1. The summed E-state index contributed by atoms with van der Waals surface area (Å²) in [6.45, 7) is 0. The van der Waals surface area contributed by atoms with Gasteiger partial charge in [-0.15, -0.1) is 0 Å². The molecule has 1 aromatic carbocycles. The number of pyridine rings is 1. The zero-order valence-corrected chi connectivity index (χ0v) is 10.8. The van der Waals surface area contributed by atoms with E-state index < -0.39 is 10.8 Å². The van der Waals surface area contributed by atoms with E-state index in [1.807, 2.05) is 0 Å². The predicted molar refractivity (Wildman–Crippen MR) is 74.7 cm³/mol. The van der Waals surface area contributed by atoms with Gasteiger partial charge in [-0.3, -0.25) is 14.9 Å². The van der Waals surface area contributed by atoms with Crippen LogP contribution in [0.1, 0.15) is 10.4 Å². The van der Waals surface area contributed by atoms with Crippen LogP contribution in [0.4, 0.5) is 17.2 Å². The summed E-state index contributed by atoms with van der Waals surface area (Å²) in [6, 6.07) is 6.87. The number of rotatable bonds is 3. The van der Waals surface area contributed by atoms with Crippen molar-refractivity contribution in [1.29, 1.82) is 0 Å². The topological polar surface area (TPSA) is 111 Å². The highest BCUT2D eigenvalue weighted by Gasteiger charge is 2.20. The summed E-state index contributed by atoms with van der Waals surface area (Å²) < 4.78 is 0. The minimum absolute atomic E-state index is 0.0868. The molecule has 7 nitrogen and oxygen atoms in total. The molecule has 0 saturated carbocycles. The first-order valence-corrected chi connectivity index (χ1v) is 5.82. The quantitative estimate of drug-likeness (QED) is 0.667. The third-order valence-corrected chi connectivity index (χ3v) is 2.68. The standard InChI is InChI=1S/C12H9ClN4O3/c13-7-1-3-9(10(5-7)17(19)20)12(18)16-8-2-4-11(14)15-6-8/h1-6H,(H2,14,15)(H,16,18). The minimum atomic E-state index is -0.665. The molecule has 1 heterocycles. The number of benzene rings is 1. The molecule has 0 radical (unpaired) electrons. The molecule has 1 aromatic heterocycles. The molecule has 0 aliphatic rings. The second-order valence-electron chi connectivity index (χ2n) is 3.84. The highest BCUT2D eigenvalue weighted by atomic mass is 35.5. The van der Waals surface area contributed by atoms with Crippen LogP contribution < -0.4 is 11.1 Å². The molecule has 0 fully saturated rings. The molecule has 0 bridgehead atoms. The fraction of sp³-hybridized carbons (Fsp3) is 0. The van der Waals surface area contributed by atoms with Crippen LogP contribution in [0.2, 0.25) is 5.02 Å². The number of nitrogens with one attached hydrogen (secondary N) is 1. The Kier molecular flexibility index (Phi) is 3.81. The van der Waals surface area contributed by atoms with Gasteiger partial charge in [0, 0.05) is 11.1 Å².